The fourth-order valence-electron chi connectivity index (χ4n) is 9.01. The van der Waals surface area contributed by atoms with E-state index in [1.807, 2.05) is 24.3 Å². The molecule has 0 amide bonds. The molecule has 0 fully saturated rings. The number of para-hydroxylation sites is 4. The summed E-state index contributed by atoms with van der Waals surface area (Å²) in [4.78, 5) is 4.72. The second-order valence-electron chi connectivity index (χ2n) is 15.3. The molecule has 0 aliphatic rings. The van der Waals surface area contributed by atoms with Crippen molar-refractivity contribution in [3.8, 4) is 11.1 Å². The molecular weight excluding hydrogens is 733 g/mol. The molecule has 0 atom stereocenters. The van der Waals surface area contributed by atoms with Crippen molar-refractivity contribution in [2.75, 3.05) is 9.80 Å². The molecule has 0 saturated carbocycles. The van der Waals surface area contributed by atoms with E-state index in [1.165, 1.54) is 16.2 Å². The van der Waals surface area contributed by atoms with Gasteiger partial charge in [-0.3, -0.25) is 0 Å². The Morgan fingerprint density at radius 2 is 0.800 bits per heavy atom. The zero-order valence-electron chi connectivity index (χ0n) is 32.5. The van der Waals surface area contributed by atoms with Gasteiger partial charge in [-0.1, -0.05) is 127 Å². The van der Waals surface area contributed by atoms with E-state index in [9.17, 15) is 0 Å². The van der Waals surface area contributed by atoms with Crippen molar-refractivity contribution in [1.29, 1.82) is 0 Å². The molecule has 0 aliphatic carbocycles. The van der Waals surface area contributed by atoms with Crippen molar-refractivity contribution in [1.82, 2.24) is 0 Å². The third kappa shape index (κ3) is 5.61. The normalized spacial score (nSPS) is 11.7. The number of furan rings is 2. The molecule has 0 spiro atoms. The Kier molecular flexibility index (Phi) is 7.82. The van der Waals surface area contributed by atoms with Gasteiger partial charge < -0.3 is 18.6 Å². The van der Waals surface area contributed by atoms with E-state index in [2.05, 4.69) is 204 Å². The number of benzene rings is 10. The molecule has 0 radical (unpaired) electrons. The molecule has 12 aromatic rings. The highest BCUT2D eigenvalue weighted by Gasteiger charge is 2.21. The van der Waals surface area contributed by atoms with Gasteiger partial charge in [-0.2, -0.15) is 0 Å². The van der Waals surface area contributed by atoms with Crippen LogP contribution in [0.1, 0.15) is 0 Å². The van der Waals surface area contributed by atoms with Crippen LogP contribution in [0.2, 0.25) is 0 Å². The summed E-state index contributed by atoms with van der Waals surface area (Å²) in [7, 11) is 0. The molecule has 0 saturated heterocycles. The predicted molar refractivity (Wildman–Crippen MR) is 251 cm³/mol. The Bertz CT molecular complexity index is 3570. The zero-order valence-corrected chi connectivity index (χ0v) is 32.5. The van der Waals surface area contributed by atoms with Crippen LogP contribution in [0.4, 0.5) is 34.1 Å². The first-order chi connectivity index (χ1) is 29.7. The minimum atomic E-state index is 0.845. The second-order valence-corrected chi connectivity index (χ2v) is 15.3. The summed E-state index contributed by atoms with van der Waals surface area (Å²) in [6.07, 6.45) is 0. The van der Waals surface area contributed by atoms with Gasteiger partial charge in [0.2, 0.25) is 0 Å². The fourth-order valence-corrected chi connectivity index (χ4v) is 9.01. The summed E-state index contributed by atoms with van der Waals surface area (Å²) in [6.45, 7) is 0. The number of hydrogen-bond donors (Lipinski definition) is 0. The molecule has 282 valence electrons. The molecule has 0 bridgehead atoms. The van der Waals surface area contributed by atoms with Crippen molar-refractivity contribution in [2.24, 2.45) is 0 Å². The topological polar surface area (TPSA) is 32.8 Å². The minimum absolute atomic E-state index is 0.845. The number of fused-ring (bicyclic) bond motifs is 9. The van der Waals surface area contributed by atoms with Crippen LogP contribution in [0.5, 0.6) is 0 Å². The number of nitrogens with zero attached hydrogens (tertiary/aromatic N) is 2. The van der Waals surface area contributed by atoms with Crippen LogP contribution in [-0.2, 0) is 0 Å². The monoisotopic (exact) mass is 768 g/mol. The van der Waals surface area contributed by atoms with Gasteiger partial charge in [0.25, 0.3) is 0 Å². The number of rotatable bonds is 7. The van der Waals surface area contributed by atoms with E-state index >= 15 is 0 Å². The molecule has 0 unspecified atom stereocenters. The average Bonchev–Trinajstić information content (AvgIpc) is 3.87. The van der Waals surface area contributed by atoms with Crippen LogP contribution in [0, 0.1) is 0 Å². The molecule has 10 aromatic carbocycles. The van der Waals surface area contributed by atoms with Gasteiger partial charge in [-0.05, 0) is 112 Å². The molecule has 2 heterocycles. The van der Waals surface area contributed by atoms with E-state index in [0.29, 0.717) is 0 Å². The van der Waals surface area contributed by atoms with Gasteiger partial charge in [0.05, 0.1) is 5.69 Å². The van der Waals surface area contributed by atoms with Crippen LogP contribution < -0.4 is 9.80 Å². The van der Waals surface area contributed by atoms with Crippen molar-refractivity contribution in [3.63, 3.8) is 0 Å². The quantitative estimate of drug-likeness (QED) is 0.151. The van der Waals surface area contributed by atoms with E-state index in [-0.39, 0.29) is 0 Å². The summed E-state index contributed by atoms with van der Waals surface area (Å²) in [5.41, 5.74) is 12.1. The third-order valence-electron chi connectivity index (χ3n) is 11.8. The molecule has 0 N–H and O–H groups in total. The fraction of sp³-hybridized carbons (Fsp3) is 0. The first-order valence-corrected chi connectivity index (χ1v) is 20.3. The van der Waals surface area contributed by atoms with Crippen LogP contribution in [0.15, 0.2) is 227 Å². The van der Waals surface area contributed by atoms with Crippen LogP contribution in [0.25, 0.3) is 76.5 Å². The third-order valence-corrected chi connectivity index (χ3v) is 11.8. The van der Waals surface area contributed by atoms with E-state index < -0.39 is 0 Å². The van der Waals surface area contributed by atoms with Gasteiger partial charge in [0.15, 0.2) is 0 Å². The lowest BCUT2D eigenvalue weighted by molar-refractivity contribution is 0.669. The van der Waals surface area contributed by atoms with Crippen LogP contribution >= 0.6 is 0 Å². The minimum Gasteiger partial charge on any atom is -0.456 e. The standard InChI is InChI=1S/C56H36N2O2/c1-3-14-37(15-4-1)45-20-7-10-23-52(45)58(40-16-5-2-6-17-40)42-19-13-18-41(33-42)57(44-30-31-48-46-21-8-11-24-53(46)60-56(48)35-44)43-29-28-38-26-27-39-32-55-51(36-50(39)49(38)34-43)47-22-9-12-25-54(47)59-55/h1-36H. The van der Waals surface area contributed by atoms with Crippen molar-refractivity contribution >= 4 is 99.5 Å². The maximum absolute atomic E-state index is 6.50. The second kappa shape index (κ2) is 13.8. The van der Waals surface area contributed by atoms with Crippen molar-refractivity contribution < 1.29 is 8.83 Å². The summed E-state index contributed by atoms with van der Waals surface area (Å²) in [5, 5.41) is 9.11. The van der Waals surface area contributed by atoms with Gasteiger partial charge in [0, 0.05) is 61.6 Å². The maximum atomic E-state index is 6.50. The van der Waals surface area contributed by atoms with Gasteiger partial charge in [-0.15, -0.1) is 0 Å². The van der Waals surface area contributed by atoms with Gasteiger partial charge >= 0.3 is 0 Å². The van der Waals surface area contributed by atoms with E-state index in [0.717, 1.165) is 94.5 Å². The van der Waals surface area contributed by atoms with E-state index in [1.54, 1.807) is 0 Å². The van der Waals surface area contributed by atoms with Gasteiger partial charge in [-0.25, -0.2) is 0 Å². The van der Waals surface area contributed by atoms with Crippen molar-refractivity contribution in [3.05, 3.63) is 218 Å². The molecule has 4 nitrogen and oxygen atoms in total. The molecule has 0 aliphatic heterocycles. The Labute approximate surface area is 346 Å². The smallest absolute Gasteiger partial charge is 0.137 e. The number of anilines is 6. The lowest BCUT2D eigenvalue weighted by Gasteiger charge is -2.30. The predicted octanol–water partition coefficient (Wildman–Crippen LogP) is 16.4. The highest BCUT2D eigenvalue weighted by atomic mass is 16.3. The molecule has 60 heavy (non-hydrogen) atoms. The van der Waals surface area contributed by atoms with E-state index in [4.69, 9.17) is 8.83 Å². The largest absolute Gasteiger partial charge is 0.456 e. The summed E-state index contributed by atoms with van der Waals surface area (Å²) >= 11 is 0. The maximum Gasteiger partial charge on any atom is 0.137 e. The Morgan fingerprint density at radius 1 is 0.267 bits per heavy atom. The zero-order chi connectivity index (χ0) is 39.6. The average molecular weight is 769 g/mol. The molecular formula is C56H36N2O2. The SMILES string of the molecule is c1ccc(-c2ccccc2N(c2ccccc2)c2cccc(N(c3ccc4c(c3)oc3ccccc34)c3ccc4ccc5cc6oc7ccccc7c6cc5c4c3)c2)cc1. The van der Waals surface area contributed by atoms with Crippen molar-refractivity contribution in [2.45, 2.75) is 0 Å². The Morgan fingerprint density at radius 3 is 1.60 bits per heavy atom. The Balaban J connectivity index is 1.08. The van der Waals surface area contributed by atoms with Crippen LogP contribution in [0.3, 0.4) is 0 Å². The first kappa shape index (κ1) is 34.0. The highest BCUT2D eigenvalue weighted by molar-refractivity contribution is 6.17. The summed E-state index contributed by atoms with van der Waals surface area (Å²) in [5.74, 6) is 0. The molecule has 4 heteroatoms. The Hall–Kier alpha value is -8.08. The molecule has 2 aromatic heterocycles. The van der Waals surface area contributed by atoms with Crippen LogP contribution in [-0.4, -0.2) is 0 Å². The lowest BCUT2D eigenvalue weighted by atomic mass is 9.98. The summed E-state index contributed by atoms with van der Waals surface area (Å²) < 4.78 is 12.8. The lowest BCUT2D eigenvalue weighted by Crippen LogP contribution is -2.13. The number of hydrogen-bond acceptors (Lipinski definition) is 4. The first-order valence-electron chi connectivity index (χ1n) is 20.3. The van der Waals surface area contributed by atoms with Gasteiger partial charge in [0.1, 0.15) is 22.3 Å². The molecule has 12 rings (SSSR count). The summed E-state index contributed by atoms with van der Waals surface area (Å²) in [6, 6.07) is 77.6. The highest BCUT2D eigenvalue weighted by Crippen LogP contribution is 2.45.